The maximum absolute atomic E-state index is 12.9. The Morgan fingerprint density at radius 2 is 1.24 bits per heavy atom. The van der Waals surface area contributed by atoms with Crippen LogP contribution < -0.4 is 4.90 Å². The van der Waals surface area contributed by atoms with Crippen LogP contribution >= 0.6 is 0 Å². The first kappa shape index (κ1) is 15.0. The molecule has 2 aromatic carbocycles. The minimum Gasteiger partial charge on any atom is -0.377 e. The minimum absolute atomic E-state index is 0.536. The molecular weight excluding hydrogens is 354 g/mol. The molecule has 8 aliphatic carbocycles. The van der Waals surface area contributed by atoms with E-state index in [1.807, 2.05) is 0 Å². The average molecular weight is 382 g/mol. The van der Waals surface area contributed by atoms with E-state index in [2.05, 4.69) is 55.4 Å². The van der Waals surface area contributed by atoms with Gasteiger partial charge in [-0.2, -0.15) is 0 Å². The third-order valence-corrected chi connectivity index (χ3v) is 11.6. The number of hydrogen-bond acceptors (Lipinski definition) is 2. The first-order valence-corrected chi connectivity index (χ1v) is 11.9. The molecule has 2 nitrogen and oxygen atoms in total. The van der Waals surface area contributed by atoms with Gasteiger partial charge in [-0.05, 0) is 88.5 Å². The second kappa shape index (κ2) is 4.29. The fourth-order valence-electron chi connectivity index (χ4n) is 11.9. The van der Waals surface area contributed by atoms with Crippen molar-refractivity contribution in [3.8, 4) is 0 Å². The van der Waals surface area contributed by atoms with Crippen LogP contribution in [0.2, 0.25) is 0 Å². The molecule has 0 saturated heterocycles. The van der Waals surface area contributed by atoms with Gasteiger partial charge in [0, 0.05) is 37.0 Å². The van der Waals surface area contributed by atoms with Crippen LogP contribution in [0.3, 0.4) is 0 Å². The molecule has 2 heteroatoms. The molecule has 8 saturated carbocycles. The summed E-state index contributed by atoms with van der Waals surface area (Å²) in [5, 5.41) is 2.88. The highest BCUT2D eigenvalue weighted by Crippen LogP contribution is 2.93. The molecule has 2 aromatic rings. The average Bonchev–Trinajstić information content (AvgIpc) is 3.49. The van der Waals surface area contributed by atoms with Gasteiger partial charge < -0.3 is 4.90 Å². The molecular formula is C27H27NO. The number of Topliss-reactive ketones (excluding diaryl/α,β-unsaturated/α-hetero) is 1. The largest absolute Gasteiger partial charge is 0.377 e. The lowest BCUT2D eigenvalue weighted by atomic mass is 9.80. The zero-order valence-corrected chi connectivity index (χ0v) is 17.0. The van der Waals surface area contributed by atoms with Gasteiger partial charge >= 0.3 is 0 Å². The highest BCUT2D eigenvalue weighted by atomic mass is 16.1. The van der Waals surface area contributed by atoms with Crippen molar-refractivity contribution in [2.75, 3.05) is 19.0 Å². The van der Waals surface area contributed by atoms with Crippen molar-refractivity contribution >= 4 is 22.2 Å². The van der Waals surface area contributed by atoms with Crippen LogP contribution in [0.1, 0.15) is 5.56 Å². The summed E-state index contributed by atoms with van der Waals surface area (Å²) in [6.07, 6.45) is 1.28. The Kier molecular flexibility index (Phi) is 2.23. The highest BCUT2D eigenvalue weighted by molar-refractivity contribution is 5.96. The van der Waals surface area contributed by atoms with Gasteiger partial charge in [-0.15, -0.1) is 0 Å². The van der Waals surface area contributed by atoms with E-state index >= 15 is 0 Å². The van der Waals surface area contributed by atoms with Crippen LogP contribution in [0.25, 0.3) is 10.8 Å². The molecule has 29 heavy (non-hydrogen) atoms. The van der Waals surface area contributed by atoms with E-state index in [0.717, 1.165) is 70.9 Å². The first-order chi connectivity index (χ1) is 14.2. The van der Waals surface area contributed by atoms with Crippen LogP contribution in [0.4, 0.5) is 5.69 Å². The second-order valence-electron chi connectivity index (χ2n) is 11.8. The van der Waals surface area contributed by atoms with E-state index < -0.39 is 0 Å². The number of anilines is 1. The number of rotatable bonds is 3. The van der Waals surface area contributed by atoms with Crippen molar-refractivity contribution in [3.05, 3.63) is 42.0 Å². The van der Waals surface area contributed by atoms with E-state index in [-0.39, 0.29) is 0 Å². The summed E-state index contributed by atoms with van der Waals surface area (Å²) in [5.74, 6) is 11.8. The van der Waals surface area contributed by atoms with Crippen molar-refractivity contribution < 1.29 is 4.79 Å². The van der Waals surface area contributed by atoms with Crippen molar-refractivity contribution in [2.45, 2.75) is 6.42 Å². The zero-order valence-electron chi connectivity index (χ0n) is 17.0. The summed E-state index contributed by atoms with van der Waals surface area (Å²) in [6, 6.07) is 13.8. The number of benzene rings is 2. The molecule has 8 aliphatic rings. The summed E-state index contributed by atoms with van der Waals surface area (Å²) < 4.78 is 0. The topological polar surface area (TPSA) is 20.3 Å². The van der Waals surface area contributed by atoms with Crippen LogP contribution in [0, 0.1) is 76.9 Å². The molecule has 0 amide bonds. The number of fused-ring (bicyclic) bond motifs is 1. The Hall–Kier alpha value is -1.83. The lowest BCUT2D eigenvalue weighted by Gasteiger charge is -2.24. The third kappa shape index (κ3) is 1.26. The highest BCUT2D eigenvalue weighted by Gasteiger charge is 2.92. The molecule has 8 unspecified atom stereocenters. The third-order valence-electron chi connectivity index (χ3n) is 11.6. The van der Waals surface area contributed by atoms with Gasteiger partial charge in [0.15, 0.2) is 0 Å². The van der Waals surface area contributed by atoms with Crippen molar-refractivity contribution in [1.29, 1.82) is 0 Å². The van der Waals surface area contributed by atoms with Crippen LogP contribution in [-0.4, -0.2) is 19.9 Å². The summed E-state index contributed by atoms with van der Waals surface area (Å²) >= 11 is 0. The molecule has 0 N–H and O–H groups in total. The maximum Gasteiger partial charge on any atom is 0.140 e. The number of nitrogens with zero attached hydrogens (tertiary/aromatic N) is 1. The predicted octanol–water partition coefficient (Wildman–Crippen LogP) is 4.12. The van der Waals surface area contributed by atoms with Gasteiger partial charge in [-0.3, -0.25) is 4.79 Å². The monoisotopic (exact) mass is 381 g/mol. The van der Waals surface area contributed by atoms with Crippen molar-refractivity contribution in [2.24, 2.45) is 76.9 Å². The Labute approximate surface area is 171 Å². The SMILES string of the molecule is CN(C)c1ccc(CC2C3C4C5C6C(=O)C7C5C3C3C2C4C6C73)c2ccccc12. The first-order valence-electron chi connectivity index (χ1n) is 11.9. The molecule has 4 bridgehead atoms. The summed E-state index contributed by atoms with van der Waals surface area (Å²) in [6.45, 7) is 0. The van der Waals surface area contributed by atoms with Gasteiger partial charge in [0.1, 0.15) is 5.78 Å². The lowest BCUT2D eigenvalue weighted by Crippen LogP contribution is -2.21. The maximum atomic E-state index is 12.9. The molecule has 10 rings (SSSR count). The second-order valence-corrected chi connectivity index (χ2v) is 11.8. The number of ketones is 1. The lowest BCUT2D eigenvalue weighted by molar-refractivity contribution is -0.122. The molecule has 0 aromatic heterocycles. The molecule has 0 heterocycles. The summed E-state index contributed by atoms with van der Waals surface area (Å²) in [4.78, 5) is 15.2. The smallest absolute Gasteiger partial charge is 0.140 e. The number of carbonyl (C=O) groups excluding carboxylic acids is 1. The van der Waals surface area contributed by atoms with Gasteiger partial charge in [0.05, 0.1) is 0 Å². The fourth-order valence-corrected chi connectivity index (χ4v) is 11.9. The van der Waals surface area contributed by atoms with Gasteiger partial charge in [0.25, 0.3) is 0 Å². The molecule has 0 aliphatic heterocycles. The molecule has 0 spiro atoms. The zero-order chi connectivity index (χ0) is 18.9. The number of hydrogen-bond donors (Lipinski definition) is 0. The van der Waals surface area contributed by atoms with Gasteiger partial charge in [0.2, 0.25) is 0 Å². The minimum atomic E-state index is 0.536. The van der Waals surface area contributed by atoms with Crippen LogP contribution in [0.15, 0.2) is 36.4 Å². The van der Waals surface area contributed by atoms with E-state index in [9.17, 15) is 4.79 Å². The summed E-state index contributed by atoms with van der Waals surface area (Å²) in [7, 11) is 4.30. The molecule has 0 radical (unpaired) electrons. The quantitative estimate of drug-likeness (QED) is 0.797. The normalized spacial score (nSPS) is 55.1. The molecule has 8 fully saturated rings. The number of carbonyl (C=O) groups is 1. The van der Waals surface area contributed by atoms with Crippen molar-refractivity contribution in [3.63, 3.8) is 0 Å². The molecule has 8 atom stereocenters. The van der Waals surface area contributed by atoms with Gasteiger partial charge in [-0.1, -0.05) is 30.3 Å². The Bertz CT molecular complexity index is 1080. The Morgan fingerprint density at radius 3 is 1.79 bits per heavy atom. The van der Waals surface area contributed by atoms with E-state index in [4.69, 9.17) is 0 Å². The van der Waals surface area contributed by atoms with E-state index in [0.29, 0.717) is 11.8 Å². The fraction of sp³-hybridized carbons (Fsp3) is 0.593. The van der Waals surface area contributed by atoms with E-state index in [1.54, 1.807) is 5.56 Å². The van der Waals surface area contributed by atoms with Crippen LogP contribution in [0.5, 0.6) is 0 Å². The van der Waals surface area contributed by atoms with Crippen molar-refractivity contribution in [1.82, 2.24) is 0 Å². The Morgan fingerprint density at radius 1 is 0.690 bits per heavy atom. The summed E-state index contributed by atoms with van der Waals surface area (Å²) in [5.41, 5.74) is 2.91. The Balaban J connectivity index is 1.16. The predicted molar refractivity (Wildman–Crippen MR) is 112 cm³/mol. The van der Waals surface area contributed by atoms with Crippen LogP contribution in [-0.2, 0) is 11.2 Å². The standard InChI is InChI=1S/C27H27NO/c1-28(2)14-8-7-10(11-5-3-4-6-12(11)14)9-13-15-17-19-16(13)20-18(15)22-21(17)25-23(19)24(20)26(22)27(25)29/h3-8,13,15-26H,9H2,1-2H3. The molecule has 146 valence electrons. The van der Waals surface area contributed by atoms with E-state index in [1.165, 1.54) is 22.9 Å². The van der Waals surface area contributed by atoms with Gasteiger partial charge in [-0.25, -0.2) is 0 Å².